The predicted octanol–water partition coefficient (Wildman–Crippen LogP) is 5.37. The van der Waals surface area contributed by atoms with Gasteiger partial charge in [0, 0.05) is 22.6 Å². The van der Waals surface area contributed by atoms with E-state index in [-0.39, 0.29) is 22.0 Å². The summed E-state index contributed by atoms with van der Waals surface area (Å²) in [6, 6.07) is 21.1. The van der Waals surface area contributed by atoms with E-state index in [9.17, 15) is 13.0 Å². The first-order chi connectivity index (χ1) is 16.4. The summed E-state index contributed by atoms with van der Waals surface area (Å²) in [4.78, 5) is 15.9. The molecule has 0 saturated heterocycles. The van der Waals surface area contributed by atoms with Crippen molar-refractivity contribution in [3.05, 3.63) is 89.5 Å². The zero-order valence-corrected chi connectivity index (χ0v) is 20.0. The quantitative estimate of drug-likeness (QED) is 0.162. The Morgan fingerprint density at radius 1 is 0.714 bits per heavy atom. The van der Waals surface area contributed by atoms with Crippen molar-refractivity contribution in [3.63, 3.8) is 0 Å². The van der Waals surface area contributed by atoms with Crippen LogP contribution in [0.4, 0.5) is 0 Å². The second kappa shape index (κ2) is 8.79. The molecule has 0 saturated carbocycles. The number of nitrogens with one attached hydrogen (secondary N) is 2. The Labute approximate surface area is 211 Å². The molecule has 0 spiro atoms. The average Bonchev–Trinajstić information content (AvgIpc) is 3.58. The van der Waals surface area contributed by atoms with Crippen molar-refractivity contribution in [1.82, 2.24) is 19.9 Å². The van der Waals surface area contributed by atoms with Crippen molar-refractivity contribution < 1.29 is 30.0 Å². The van der Waals surface area contributed by atoms with E-state index >= 15 is 0 Å². The van der Waals surface area contributed by atoms with Crippen LogP contribution in [0.3, 0.4) is 0 Å². The van der Waals surface area contributed by atoms with E-state index in [2.05, 4.69) is 26.0 Å². The maximum absolute atomic E-state index is 11.4. The van der Waals surface area contributed by atoms with Crippen LogP contribution in [0.1, 0.15) is 22.8 Å². The standard InChI is InChI=1S/C26H17N4O3S.Mn/c31-34(32,33)24-9-1-16(2-10-24)25-14-23-13-21-6-5-19(28-21)11-17-3-4-18(27-17)12-20-7-8-22(29-20)15-26(25)30-23;/h1-13,15,28,30H,(H,31,32,33);/q-1;. The number of hydrogen-bond acceptors (Lipinski definition) is 4. The van der Waals surface area contributed by atoms with Crippen LogP contribution in [-0.2, 0) is 27.2 Å². The first kappa shape index (κ1) is 23.0. The molecule has 0 unspecified atom stereocenters. The van der Waals surface area contributed by atoms with E-state index in [0.717, 1.165) is 56.0 Å². The van der Waals surface area contributed by atoms with Crippen molar-refractivity contribution in [1.29, 1.82) is 0 Å². The largest absolute Gasteiger partial charge is 0.410 e. The molecule has 35 heavy (non-hydrogen) atoms. The van der Waals surface area contributed by atoms with Gasteiger partial charge in [0.05, 0.1) is 27.7 Å². The summed E-state index contributed by atoms with van der Waals surface area (Å²) in [6.07, 6.45) is 7.78. The fraction of sp³-hybridized carbons (Fsp3) is 0. The third-order valence-electron chi connectivity index (χ3n) is 5.53. The Kier molecular flexibility index (Phi) is 5.78. The minimum atomic E-state index is -4.27. The van der Waals surface area contributed by atoms with Gasteiger partial charge in [-0.1, -0.05) is 35.3 Å². The monoisotopic (exact) mass is 520 g/mol. The number of aromatic amines is 2. The van der Waals surface area contributed by atoms with Crippen LogP contribution >= 0.6 is 0 Å². The number of H-pyrrole nitrogens is 2. The molecule has 0 amide bonds. The third-order valence-corrected chi connectivity index (χ3v) is 6.40. The molecule has 173 valence electrons. The summed E-state index contributed by atoms with van der Waals surface area (Å²) in [5.41, 5.74) is 8.08. The van der Waals surface area contributed by atoms with Gasteiger partial charge in [-0.25, -0.2) is 9.97 Å². The van der Waals surface area contributed by atoms with Gasteiger partial charge in [0.15, 0.2) is 0 Å². The van der Waals surface area contributed by atoms with Crippen molar-refractivity contribution in [2.24, 2.45) is 0 Å². The molecule has 6 rings (SSSR count). The van der Waals surface area contributed by atoms with Gasteiger partial charge in [-0.3, -0.25) is 4.55 Å². The van der Waals surface area contributed by atoms with Crippen LogP contribution in [0.15, 0.2) is 65.6 Å². The number of fused-ring (bicyclic) bond motifs is 8. The van der Waals surface area contributed by atoms with Crippen molar-refractivity contribution in [2.45, 2.75) is 4.90 Å². The Morgan fingerprint density at radius 2 is 1.29 bits per heavy atom. The summed E-state index contributed by atoms with van der Waals surface area (Å²) in [5, 5.41) is 0. The molecular formula is C26H17MnN4O3S-. The van der Waals surface area contributed by atoms with Gasteiger partial charge in [0.1, 0.15) is 0 Å². The topological polar surface area (TPSA) is 112 Å². The molecule has 3 N–H and O–H groups in total. The van der Waals surface area contributed by atoms with E-state index in [1.807, 2.05) is 60.7 Å². The molecule has 5 heterocycles. The maximum Gasteiger partial charge on any atom is 0.294 e. The third kappa shape index (κ3) is 4.76. The van der Waals surface area contributed by atoms with Gasteiger partial charge in [0.2, 0.25) is 0 Å². The molecule has 2 aliphatic rings. The Morgan fingerprint density at radius 3 is 1.91 bits per heavy atom. The van der Waals surface area contributed by atoms with E-state index in [4.69, 9.17) is 0 Å². The normalized spacial score (nSPS) is 12.5. The second-order valence-electron chi connectivity index (χ2n) is 7.99. The van der Waals surface area contributed by atoms with E-state index in [1.165, 1.54) is 12.1 Å². The maximum atomic E-state index is 11.4. The summed E-state index contributed by atoms with van der Waals surface area (Å²) in [6.45, 7) is 0. The Balaban J connectivity index is 0.00000253. The molecular weight excluding hydrogens is 503 g/mol. The molecule has 0 fully saturated rings. The molecule has 0 aliphatic carbocycles. The summed E-state index contributed by atoms with van der Waals surface area (Å²) >= 11 is 0. The van der Waals surface area contributed by atoms with Crippen LogP contribution in [0.25, 0.3) is 57.5 Å². The van der Waals surface area contributed by atoms with Crippen LogP contribution in [0.2, 0.25) is 0 Å². The summed E-state index contributed by atoms with van der Waals surface area (Å²) < 4.78 is 32.2. The van der Waals surface area contributed by atoms with E-state index in [1.54, 1.807) is 12.1 Å². The Hall–Kier alpha value is -3.75. The predicted molar refractivity (Wildman–Crippen MR) is 133 cm³/mol. The zero-order chi connectivity index (χ0) is 23.3. The fourth-order valence-electron chi connectivity index (χ4n) is 3.96. The number of nitrogens with zero attached hydrogens (tertiary/aromatic N) is 2. The van der Waals surface area contributed by atoms with Gasteiger partial charge in [-0.15, -0.1) is 11.6 Å². The summed E-state index contributed by atoms with van der Waals surface area (Å²) in [7, 11) is -4.27. The van der Waals surface area contributed by atoms with Crippen LogP contribution in [0.5, 0.6) is 0 Å². The van der Waals surface area contributed by atoms with Crippen molar-refractivity contribution in [2.75, 3.05) is 0 Å². The Bertz CT molecular complexity index is 1780. The molecule has 3 aromatic heterocycles. The molecule has 8 bridgehead atoms. The minimum Gasteiger partial charge on any atom is -0.410 e. The minimum absolute atomic E-state index is 0. The van der Waals surface area contributed by atoms with Crippen molar-refractivity contribution in [3.8, 4) is 11.1 Å². The van der Waals surface area contributed by atoms with Crippen molar-refractivity contribution >= 4 is 56.5 Å². The molecule has 9 heteroatoms. The van der Waals surface area contributed by atoms with Gasteiger partial charge < -0.3 is 9.97 Å². The molecule has 0 atom stereocenters. The summed E-state index contributed by atoms with van der Waals surface area (Å²) in [5.74, 6) is 0. The van der Waals surface area contributed by atoms with Crippen LogP contribution < -0.4 is 0 Å². The van der Waals surface area contributed by atoms with Gasteiger partial charge in [0.25, 0.3) is 10.1 Å². The molecule has 4 aromatic rings. The van der Waals surface area contributed by atoms with E-state index < -0.39 is 10.1 Å². The smallest absolute Gasteiger partial charge is 0.294 e. The molecule has 7 nitrogen and oxygen atoms in total. The molecule has 1 radical (unpaired) electrons. The van der Waals surface area contributed by atoms with Crippen LogP contribution in [0, 0.1) is 6.07 Å². The fourth-order valence-corrected chi connectivity index (χ4v) is 4.44. The van der Waals surface area contributed by atoms with E-state index in [0.29, 0.717) is 0 Å². The zero-order valence-electron chi connectivity index (χ0n) is 18.0. The number of aromatic nitrogens is 4. The second-order valence-corrected chi connectivity index (χ2v) is 9.41. The SMILES string of the molecule is O=S(=O)(O)c1ccc(-c2[c-]c3cc4ccc(cc5nc(cc6nc(cc2[nH]3)C=C6)C=C5)[nH]4)cc1.[Mn]. The number of benzene rings is 1. The average molecular weight is 520 g/mol. The van der Waals surface area contributed by atoms with Gasteiger partial charge >= 0.3 is 0 Å². The first-order valence-corrected chi connectivity index (χ1v) is 11.9. The number of rotatable bonds is 2. The van der Waals surface area contributed by atoms with Gasteiger partial charge in [-0.2, -0.15) is 8.42 Å². The van der Waals surface area contributed by atoms with Gasteiger partial charge in [-0.05, 0) is 71.7 Å². The molecule has 2 aliphatic heterocycles. The molecule has 1 aromatic carbocycles. The van der Waals surface area contributed by atoms with Crippen LogP contribution in [-0.4, -0.2) is 32.9 Å². The number of hydrogen-bond donors (Lipinski definition) is 3. The first-order valence-electron chi connectivity index (χ1n) is 10.5.